The van der Waals surface area contributed by atoms with Crippen LogP contribution in [0.25, 0.3) is 10.8 Å². The van der Waals surface area contributed by atoms with Gasteiger partial charge in [-0.25, -0.2) is 0 Å². The van der Waals surface area contributed by atoms with Crippen molar-refractivity contribution in [3.05, 3.63) is 22.3 Å². The van der Waals surface area contributed by atoms with Crippen LogP contribution in [0.3, 0.4) is 0 Å². The Morgan fingerprint density at radius 2 is 2.12 bits per heavy atom. The lowest BCUT2D eigenvalue weighted by Crippen LogP contribution is -2.27. The van der Waals surface area contributed by atoms with E-state index in [9.17, 15) is 0 Å². The van der Waals surface area contributed by atoms with Gasteiger partial charge in [0.05, 0.1) is 15.3 Å². The molecule has 2 heterocycles. The highest BCUT2D eigenvalue weighted by Gasteiger charge is 2.27. The van der Waals surface area contributed by atoms with Crippen molar-refractivity contribution >= 4 is 22.9 Å². The molecule has 0 amide bonds. The molecule has 0 aromatic carbocycles. The van der Waals surface area contributed by atoms with Crippen molar-refractivity contribution < 1.29 is 4.52 Å². The third kappa shape index (κ3) is 2.68. The molecule has 0 aliphatic heterocycles. The lowest BCUT2D eigenvalue weighted by molar-refractivity contribution is 0.303. The van der Waals surface area contributed by atoms with Crippen molar-refractivity contribution in [1.82, 2.24) is 10.1 Å². The predicted octanol–water partition coefficient (Wildman–Crippen LogP) is 3.50. The van der Waals surface area contributed by atoms with E-state index in [1.54, 1.807) is 6.07 Å². The molecule has 92 valence electrons. The van der Waals surface area contributed by atoms with Crippen molar-refractivity contribution in [2.24, 2.45) is 11.1 Å². The van der Waals surface area contributed by atoms with E-state index in [0.717, 1.165) is 4.88 Å². The topological polar surface area (TPSA) is 64.9 Å². The summed E-state index contributed by atoms with van der Waals surface area (Å²) in [7, 11) is 0. The molecule has 0 saturated heterocycles. The van der Waals surface area contributed by atoms with E-state index in [1.165, 1.54) is 11.3 Å². The normalized spacial score (nSPS) is 13.9. The molecule has 17 heavy (non-hydrogen) atoms. The second-order valence-electron chi connectivity index (χ2n) is 4.91. The zero-order valence-electron chi connectivity index (χ0n) is 9.90. The molecule has 2 rings (SSSR count). The minimum atomic E-state index is -0.254. The number of hydrogen-bond donors (Lipinski definition) is 1. The number of halogens is 1. The van der Waals surface area contributed by atoms with Gasteiger partial charge in [-0.1, -0.05) is 37.5 Å². The summed E-state index contributed by atoms with van der Waals surface area (Å²) in [5.41, 5.74) is 5.96. The van der Waals surface area contributed by atoms with E-state index >= 15 is 0 Å². The van der Waals surface area contributed by atoms with E-state index in [0.29, 0.717) is 16.1 Å². The number of nitrogens with two attached hydrogens (primary N) is 1. The number of nitrogens with zero attached hydrogens (tertiary/aromatic N) is 2. The molecular weight excluding hydrogens is 258 g/mol. The number of hydrogen-bond acceptors (Lipinski definition) is 5. The first-order valence-corrected chi connectivity index (χ1v) is 6.42. The predicted molar refractivity (Wildman–Crippen MR) is 69.0 cm³/mol. The first-order valence-electron chi connectivity index (χ1n) is 5.23. The molecule has 0 fully saturated rings. The van der Waals surface area contributed by atoms with Crippen molar-refractivity contribution in [1.29, 1.82) is 0 Å². The lowest BCUT2D eigenvalue weighted by atomic mass is 9.87. The summed E-state index contributed by atoms with van der Waals surface area (Å²) in [4.78, 5) is 5.17. The molecule has 0 saturated carbocycles. The molecule has 0 spiro atoms. The monoisotopic (exact) mass is 271 g/mol. The highest BCUT2D eigenvalue weighted by Crippen LogP contribution is 2.33. The third-order valence-corrected chi connectivity index (χ3v) is 3.66. The van der Waals surface area contributed by atoms with E-state index < -0.39 is 0 Å². The highest BCUT2D eigenvalue weighted by atomic mass is 35.5. The Kier molecular flexibility index (Phi) is 3.25. The number of thiophene rings is 1. The van der Waals surface area contributed by atoms with Gasteiger partial charge in [-0.15, -0.1) is 11.3 Å². The summed E-state index contributed by atoms with van der Waals surface area (Å²) in [6, 6.07) is 3.40. The second-order valence-corrected chi connectivity index (χ2v) is 6.62. The van der Waals surface area contributed by atoms with Crippen LogP contribution in [-0.2, 0) is 0 Å². The summed E-state index contributed by atoms with van der Waals surface area (Å²) in [5.74, 6) is 0.994. The zero-order valence-corrected chi connectivity index (χ0v) is 11.5. The van der Waals surface area contributed by atoms with E-state index in [4.69, 9.17) is 21.9 Å². The van der Waals surface area contributed by atoms with Crippen molar-refractivity contribution in [3.8, 4) is 10.8 Å². The van der Waals surface area contributed by atoms with Crippen LogP contribution in [-0.4, -0.2) is 10.1 Å². The Hall–Kier alpha value is -0.910. The van der Waals surface area contributed by atoms with Crippen LogP contribution in [0.15, 0.2) is 16.7 Å². The fourth-order valence-electron chi connectivity index (χ4n) is 1.28. The Morgan fingerprint density at radius 3 is 2.65 bits per heavy atom. The summed E-state index contributed by atoms with van der Waals surface area (Å²) in [6.45, 7) is 6.11. The van der Waals surface area contributed by atoms with Crippen molar-refractivity contribution in [2.45, 2.75) is 26.8 Å². The van der Waals surface area contributed by atoms with Gasteiger partial charge >= 0.3 is 0 Å². The van der Waals surface area contributed by atoms with Crippen LogP contribution >= 0.6 is 22.9 Å². The first kappa shape index (κ1) is 12.5. The average Bonchev–Trinajstić information content (AvgIpc) is 2.83. The Bertz CT molecular complexity index is 515. The van der Waals surface area contributed by atoms with Crippen LogP contribution < -0.4 is 5.73 Å². The zero-order chi connectivity index (χ0) is 12.6. The van der Waals surface area contributed by atoms with Gasteiger partial charge in [0.1, 0.15) is 0 Å². The van der Waals surface area contributed by atoms with Crippen LogP contribution in [0.2, 0.25) is 4.34 Å². The van der Waals surface area contributed by atoms with Gasteiger partial charge in [0.25, 0.3) is 5.89 Å². The van der Waals surface area contributed by atoms with Gasteiger partial charge in [-0.2, -0.15) is 4.98 Å². The molecule has 0 radical (unpaired) electrons. The Labute approximate surface area is 109 Å². The van der Waals surface area contributed by atoms with Gasteiger partial charge in [0.15, 0.2) is 5.82 Å². The maximum absolute atomic E-state index is 6.06. The summed E-state index contributed by atoms with van der Waals surface area (Å²) >= 11 is 7.26. The maximum Gasteiger partial charge on any atom is 0.268 e. The molecule has 2 aromatic heterocycles. The SMILES string of the molecule is CC(C)(C)C(N)c1noc(-c2ccc(Cl)s2)n1. The summed E-state index contributed by atoms with van der Waals surface area (Å²) < 4.78 is 5.89. The summed E-state index contributed by atoms with van der Waals surface area (Å²) in [6.07, 6.45) is 0. The van der Waals surface area contributed by atoms with E-state index in [1.807, 2.05) is 26.8 Å². The van der Waals surface area contributed by atoms with Gasteiger partial charge in [0, 0.05) is 0 Å². The molecule has 6 heteroatoms. The first-order chi connectivity index (χ1) is 7.88. The van der Waals surface area contributed by atoms with Crippen LogP contribution in [0.4, 0.5) is 0 Å². The summed E-state index contributed by atoms with van der Waals surface area (Å²) in [5, 5.41) is 3.92. The molecule has 0 aliphatic carbocycles. The quantitative estimate of drug-likeness (QED) is 0.908. The van der Waals surface area contributed by atoms with Crippen LogP contribution in [0.5, 0.6) is 0 Å². The average molecular weight is 272 g/mol. The second kappa shape index (κ2) is 4.40. The standard InChI is InChI=1S/C11H14ClN3OS/c1-11(2,3)8(13)9-14-10(16-15-9)6-4-5-7(12)17-6/h4-5,8H,13H2,1-3H3. The van der Waals surface area contributed by atoms with E-state index in [2.05, 4.69) is 10.1 Å². The fourth-order valence-corrected chi connectivity index (χ4v) is 2.24. The van der Waals surface area contributed by atoms with Crippen molar-refractivity contribution in [2.75, 3.05) is 0 Å². The minimum absolute atomic E-state index is 0.103. The largest absolute Gasteiger partial charge is 0.333 e. The Balaban J connectivity index is 2.28. The smallest absolute Gasteiger partial charge is 0.268 e. The highest BCUT2D eigenvalue weighted by molar-refractivity contribution is 7.19. The van der Waals surface area contributed by atoms with Crippen molar-refractivity contribution in [3.63, 3.8) is 0 Å². The van der Waals surface area contributed by atoms with Gasteiger partial charge < -0.3 is 10.3 Å². The lowest BCUT2D eigenvalue weighted by Gasteiger charge is -2.23. The molecule has 2 aromatic rings. The van der Waals surface area contributed by atoms with Crippen LogP contribution in [0.1, 0.15) is 32.6 Å². The number of aromatic nitrogens is 2. The molecular formula is C11H14ClN3OS. The van der Waals surface area contributed by atoms with E-state index in [-0.39, 0.29) is 11.5 Å². The molecule has 1 atom stereocenters. The van der Waals surface area contributed by atoms with Crippen LogP contribution in [0, 0.1) is 5.41 Å². The maximum atomic E-state index is 6.06. The molecule has 1 unspecified atom stereocenters. The number of rotatable bonds is 2. The van der Waals surface area contributed by atoms with Gasteiger partial charge in [0.2, 0.25) is 0 Å². The minimum Gasteiger partial charge on any atom is -0.333 e. The fraction of sp³-hybridized carbons (Fsp3) is 0.455. The van der Waals surface area contributed by atoms with Gasteiger partial charge in [-0.3, -0.25) is 0 Å². The Morgan fingerprint density at radius 1 is 1.41 bits per heavy atom. The molecule has 0 aliphatic rings. The molecule has 4 nitrogen and oxygen atoms in total. The van der Waals surface area contributed by atoms with Gasteiger partial charge in [-0.05, 0) is 17.5 Å². The molecule has 0 bridgehead atoms. The molecule has 2 N–H and O–H groups in total. The third-order valence-electron chi connectivity index (χ3n) is 2.44.